The number of carbonyl (C=O) groups excluding carboxylic acids is 1. The number of amides is 1. The van der Waals surface area contributed by atoms with Gasteiger partial charge in [0.1, 0.15) is 12.0 Å². The van der Waals surface area contributed by atoms with Crippen molar-refractivity contribution in [3.63, 3.8) is 0 Å². The Bertz CT molecular complexity index is 975. The van der Waals surface area contributed by atoms with Crippen LogP contribution in [0.2, 0.25) is 0 Å². The third kappa shape index (κ3) is 4.75. The van der Waals surface area contributed by atoms with E-state index in [0.29, 0.717) is 36.1 Å². The summed E-state index contributed by atoms with van der Waals surface area (Å²) in [5.41, 5.74) is 7.16. The van der Waals surface area contributed by atoms with E-state index in [1.807, 2.05) is 0 Å². The van der Waals surface area contributed by atoms with Crippen molar-refractivity contribution >= 4 is 23.4 Å². The Morgan fingerprint density at radius 3 is 2.43 bits per heavy atom. The molecule has 142 valence electrons. The second-order valence-electron chi connectivity index (χ2n) is 5.72. The van der Waals surface area contributed by atoms with E-state index in [4.69, 9.17) is 5.73 Å². The first-order chi connectivity index (χ1) is 13.5. The van der Waals surface area contributed by atoms with Crippen LogP contribution in [0.4, 0.5) is 17.5 Å². The Morgan fingerprint density at radius 2 is 1.79 bits per heavy atom. The highest BCUT2D eigenvalue weighted by atomic mass is 16.6. The molecular weight excluding hydrogens is 362 g/mol. The molecule has 0 fully saturated rings. The first kappa shape index (κ1) is 18.7. The predicted molar refractivity (Wildman–Crippen MR) is 104 cm³/mol. The number of benzene rings is 1. The molecule has 2 heterocycles. The van der Waals surface area contributed by atoms with E-state index in [2.05, 4.69) is 25.6 Å². The van der Waals surface area contributed by atoms with E-state index in [1.165, 1.54) is 12.3 Å². The minimum Gasteiger partial charge on any atom is -0.368 e. The highest BCUT2D eigenvalue weighted by molar-refractivity contribution is 5.93. The van der Waals surface area contributed by atoms with E-state index >= 15 is 0 Å². The summed E-state index contributed by atoms with van der Waals surface area (Å²) in [7, 11) is 0. The SMILES string of the molecule is NC(=O)c1ccc(-c2ccnc(NCCNc3ccc([N+](=O)[O-])cn3)n2)cc1. The maximum absolute atomic E-state index is 11.1. The molecule has 1 amide bonds. The van der Waals surface area contributed by atoms with Crippen LogP contribution in [-0.2, 0) is 0 Å². The summed E-state index contributed by atoms with van der Waals surface area (Å²) in [5, 5.41) is 16.7. The predicted octanol–water partition coefficient (Wildman–Crippen LogP) is 2.07. The fourth-order valence-electron chi connectivity index (χ4n) is 2.37. The van der Waals surface area contributed by atoms with Gasteiger partial charge in [-0.1, -0.05) is 12.1 Å². The number of carbonyl (C=O) groups is 1. The van der Waals surface area contributed by atoms with Gasteiger partial charge in [0.15, 0.2) is 0 Å². The topological polar surface area (TPSA) is 149 Å². The van der Waals surface area contributed by atoms with Gasteiger partial charge in [-0.25, -0.2) is 15.0 Å². The van der Waals surface area contributed by atoms with Crippen LogP contribution in [0.1, 0.15) is 10.4 Å². The van der Waals surface area contributed by atoms with Crippen molar-refractivity contribution in [2.45, 2.75) is 0 Å². The molecule has 0 atom stereocenters. The average Bonchev–Trinajstić information content (AvgIpc) is 2.72. The number of primary amides is 1. The van der Waals surface area contributed by atoms with Crippen molar-refractivity contribution < 1.29 is 9.72 Å². The van der Waals surface area contributed by atoms with Crippen LogP contribution in [0.25, 0.3) is 11.3 Å². The van der Waals surface area contributed by atoms with Crippen molar-refractivity contribution in [2.24, 2.45) is 5.73 Å². The first-order valence-electron chi connectivity index (χ1n) is 8.34. The number of rotatable bonds is 8. The van der Waals surface area contributed by atoms with Gasteiger partial charge in [0.25, 0.3) is 5.69 Å². The highest BCUT2D eigenvalue weighted by Crippen LogP contribution is 2.18. The van der Waals surface area contributed by atoms with Gasteiger partial charge in [-0.15, -0.1) is 0 Å². The second-order valence-corrected chi connectivity index (χ2v) is 5.72. The first-order valence-corrected chi connectivity index (χ1v) is 8.34. The zero-order chi connectivity index (χ0) is 19.9. The number of aromatic nitrogens is 3. The molecule has 3 rings (SSSR count). The van der Waals surface area contributed by atoms with Gasteiger partial charge < -0.3 is 16.4 Å². The molecule has 2 aromatic heterocycles. The minimum atomic E-state index is -0.496. The molecule has 0 aliphatic carbocycles. The number of nitrogens with two attached hydrogens (primary N) is 1. The Hall–Kier alpha value is -4.08. The van der Waals surface area contributed by atoms with Crippen LogP contribution < -0.4 is 16.4 Å². The summed E-state index contributed by atoms with van der Waals surface area (Å²) >= 11 is 0. The molecule has 0 bridgehead atoms. The van der Waals surface area contributed by atoms with Gasteiger partial charge in [0.2, 0.25) is 11.9 Å². The van der Waals surface area contributed by atoms with Crippen molar-refractivity contribution in [3.8, 4) is 11.3 Å². The van der Waals surface area contributed by atoms with Gasteiger partial charge in [0, 0.05) is 36.5 Å². The molecule has 3 aromatic rings. The summed E-state index contributed by atoms with van der Waals surface area (Å²) in [6.45, 7) is 1.04. The van der Waals surface area contributed by atoms with Crippen molar-refractivity contribution in [1.82, 2.24) is 15.0 Å². The summed E-state index contributed by atoms with van der Waals surface area (Å²) < 4.78 is 0. The number of hydrogen-bond donors (Lipinski definition) is 3. The molecule has 0 radical (unpaired) electrons. The van der Waals surface area contributed by atoms with Crippen LogP contribution in [0.15, 0.2) is 54.9 Å². The number of hydrogen-bond acceptors (Lipinski definition) is 8. The van der Waals surface area contributed by atoms with Crippen molar-refractivity contribution in [1.29, 1.82) is 0 Å². The number of anilines is 2. The van der Waals surface area contributed by atoms with Crippen LogP contribution in [0, 0.1) is 10.1 Å². The maximum Gasteiger partial charge on any atom is 0.287 e. The molecule has 0 saturated carbocycles. The van der Waals surface area contributed by atoms with Crippen molar-refractivity contribution in [3.05, 3.63) is 70.5 Å². The van der Waals surface area contributed by atoms with Crippen LogP contribution in [0.3, 0.4) is 0 Å². The van der Waals surface area contributed by atoms with Gasteiger partial charge in [0.05, 0.1) is 10.6 Å². The molecular formula is C18H17N7O3. The van der Waals surface area contributed by atoms with E-state index < -0.39 is 10.8 Å². The molecule has 0 spiro atoms. The quantitative estimate of drug-likeness (QED) is 0.306. The van der Waals surface area contributed by atoms with E-state index in [0.717, 1.165) is 5.56 Å². The Kier molecular flexibility index (Phi) is 5.70. The summed E-state index contributed by atoms with van der Waals surface area (Å²) in [5.74, 6) is 0.512. The molecule has 1 aromatic carbocycles. The van der Waals surface area contributed by atoms with Crippen LogP contribution in [-0.4, -0.2) is 38.9 Å². The zero-order valence-electron chi connectivity index (χ0n) is 14.7. The van der Waals surface area contributed by atoms with Gasteiger partial charge >= 0.3 is 0 Å². The van der Waals surface area contributed by atoms with Crippen LogP contribution in [0.5, 0.6) is 0 Å². The smallest absolute Gasteiger partial charge is 0.287 e. The lowest BCUT2D eigenvalue weighted by atomic mass is 10.1. The summed E-state index contributed by atoms with van der Waals surface area (Å²) in [6.07, 6.45) is 2.84. The molecule has 10 nitrogen and oxygen atoms in total. The van der Waals surface area contributed by atoms with E-state index in [1.54, 1.807) is 42.6 Å². The molecule has 0 aliphatic rings. The largest absolute Gasteiger partial charge is 0.368 e. The monoisotopic (exact) mass is 379 g/mol. The molecule has 4 N–H and O–H groups in total. The fourth-order valence-corrected chi connectivity index (χ4v) is 2.37. The Morgan fingerprint density at radius 1 is 1.04 bits per heavy atom. The zero-order valence-corrected chi connectivity index (χ0v) is 14.7. The van der Waals surface area contributed by atoms with Gasteiger partial charge in [-0.3, -0.25) is 14.9 Å². The third-order valence-electron chi connectivity index (χ3n) is 3.79. The maximum atomic E-state index is 11.1. The lowest BCUT2D eigenvalue weighted by Gasteiger charge is -2.08. The Labute approximate surface area is 160 Å². The number of nitro groups is 1. The Balaban J connectivity index is 1.54. The molecule has 28 heavy (non-hydrogen) atoms. The van der Waals surface area contributed by atoms with Crippen LogP contribution >= 0.6 is 0 Å². The van der Waals surface area contributed by atoms with Gasteiger partial charge in [-0.2, -0.15) is 0 Å². The van der Waals surface area contributed by atoms with E-state index in [-0.39, 0.29) is 5.69 Å². The fraction of sp³-hybridized carbons (Fsp3) is 0.111. The average molecular weight is 379 g/mol. The molecule has 0 aliphatic heterocycles. The lowest BCUT2D eigenvalue weighted by molar-refractivity contribution is -0.385. The minimum absolute atomic E-state index is 0.0576. The molecule has 0 saturated heterocycles. The third-order valence-corrected chi connectivity index (χ3v) is 3.79. The second kappa shape index (κ2) is 8.54. The van der Waals surface area contributed by atoms with Gasteiger partial charge in [-0.05, 0) is 24.3 Å². The van der Waals surface area contributed by atoms with Crippen molar-refractivity contribution in [2.75, 3.05) is 23.7 Å². The number of pyridine rings is 1. The summed E-state index contributed by atoms with van der Waals surface area (Å²) in [6, 6.07) is 11.5. The lowest BCUT2D eigenvalue weighted by Crippen LogP contribution is -2.15. The highest BCUT2D eigenvalue weighted by Gasteiger charge is 2.06. The number of nitrogens with one attached hydrogen (secondary N) is 2. The van der Waals surface area contributed by atoms with E-state index in [9.17, 15) is 14.9 Å². The number of nitrogens with zero attached hydrogens (tertiary/aromatic N) is 4. The molecule has 0 unspecified atom stereocenters. The standard InChI is InChI=1S/C18H17N7O3/c19-17(26)13-3-1-12(2-4-13)15-7-8-21-18(24-15)22-10-9-20-16-6-5-14(11-23-16)25(27)28/h1-8,11H,9-10H2,(H2,19,26)(H,20,23)(H,21,22,24). The normalized spacial score (nSPS) is 10.3. The summed E-state index contributed by atoms with van der Waals surface area (Å²) in [4.78, 5) is 33.8. The molecule has 10 heteroatoms.